The second-order valence-corrected chi connectivity index (χ2v) is 6.15. The molecule has 1 amide bonds. The molecule has 1 aliphatic rings. The summed E-state index contributed by atoms with van der Waals surface area (Å²) in [4.78, 5) is 22.8. The molecule has 1 aromatic heterocycles. The fourth-order valence-corrected chi connectivity index (χ4v) is 2.53. The van der Waals surface area contributed by atoms with Gasteiger partial charge in [0.15, 0.2) is 0 Å². The van der Waals surface area contributed by atoms with Gasteiger partial charge in [0.25, 0.3) is 0 Å². The van der Waals surface area contributed by atoms with E-state index in [4.69, 9.17) is 11.6 Å². The standard InChI is InChI=1S/C15H23ClN4O/c1-10(2)14-18-13(16)11(3)15(19-14)17-9-12(21)20-7-5-4-6-8-20/h10H,4-9H2,1-3H3,(H,17,18,19). The number of rotatable bonds is 4. The monoisotopic (exact) mass is 310 g/mol. The van der Waals surface area contributed by atoms with Crippen molar-refractivity contribution in [3.05, 3.63) is 16.5 Å². The van der Waals surface area contributed by atoms with E-state index in [-0.39, 0.29) is 18.4 Å². The number of anilines is 1. The predicted molar refractivity (Wildman–Crippen MR) is 84.8 cm³/mol. The van der Waals surface area contributed by atoms with Gasteiger partial charge in [-0.1, -0.05) is 25.4 Å². The summed E-state index contributed by atoms with van der Waals surface area (Å²) in [5.41, 5.74) is 0.785. The number of amides is 1. The maximum absolute atomic E-state index is 12.2. The van der Waals surface area contributed by atoms with Crippen LogP contribution in [0.5, 0.6) is 0 Å². The molecule has 0 bridgehead atoms. The van der Waals surface area contributed by atoms with E-state index in [9.17, 15) is 4.79 Å². The summed E-state index contributed by atoms with van der Waals surface area (Å²) in [7, 11) is 0. The number of nitrogens with one attached hydrogen (secondary N) is 1. The highest BCUT2D eigenvalue weighted by Gasteiger charge is 2.17. The summed E-state index contributed by atoms with van der Waals surface area (Å²) in [5.74, 6) is 1.67. The number of carbonyl (C=O) groups excluding carboxylic acids is 1. The van der Waals surface area contributed by atoms with E-state index >= 15 is 0 Å². The Labute approximate surface area is 131 Å². The van der Waals surface area contributed by atoms with Gasteiger partial charge in [-0.25, -0.2) is 9.97 Å². The van der Waals surface area contributed by atoms with Crippen molar-refractivity contribution in [3.8, 4) is 0 Å². The molecule has 0 aliphatic carbocycles. The molecule has 6 heteroatoms. The third kappa shape index (κ3) is 4.06. The first kappa shape index (κ1) is 16.0. The predicted octanol–water partition coefficient (Wildman–Crippen LogP) is 2.99. The molecule has 1 fully saturated rings. The van der Waals surface area contributed by atoms with Gasteiger partial charge in [-0.3, -0.25) is 4.79 Å². The van der Waals surface area contributed by atoms with Crippen molar-refractivity contribution in [2.45, 2.75) is 46.0 Å². The molecule has 0 spiro atoms. The van der Waals surface area contributed by atoms with Gasteiger partial charge < -0.3 is 10.2 Å². The maximum atomic E-state index is 12.2. The minimum Gasteiger partial charge on any atom is -0.361 e. The van der Waals surface area contributed by atoms with E-state index in [1.807, 2.05) is 25.7 Å². The van der Waals surface area contributed by atoms with Gasteiger partial charge in [-0.15, -0.1) is 0 Å². The summed E-state index contributed by atoms with van der Waals surface area (Å²) < 4.78 is 0. The minimum atomic E-state index is 0.120. The number of nitrogens with zero attached hydrogens (tertiary/aromatic N) is 3. The van der Waals surface area contributed by atoms with Gasteiger partial charge in [0, 0.05) is 24.6 Å². The lowest BCUT2D eigenvalue weighted by Gasteiger charge is -2.27. The normalized spacial score (nSPS) is 15.4. The van der Waals surface area contributed by atoms with Crippen molar-refractivity contribution in [1.82, 2.24) is 14.9 Å². The van der Waals surface area contributed by atoms with Crippen molar-refractivity contribution in [2.24, 2.45) is 0 Å². The molecule has 116 valence electrons. The fourth-order valence-electron chi connectivity index (χ4n) is 2.35. The van der Waals surface area contributed by atoms with Gasteiger partial charge in [0.2, 0.25) is 5.91 Å². The lowest BCUT2D eigenvalue weighted by molar-refractivity contribution is -0.130. The van der Waals surface area contributed by atoms with Gasteiger partial charge in [0.05, 0.1) is 6.54 Å². The zero-order chi connectivity index (χ0) is 15.4. The quantitative estimate of drug-likeness (QED) is 0.869. The van der Waals surface area contributed by atoms with Gasteiger partial charge >= 0.3 is 0 Å². The van der Waals surface area contributed by atoms with E-state index in [0.29, 0.717) is 16.8 Å². The topological polar surface area (TPSA) is 58.1 Å². The van der Waals surface area contributed by atoms with Gasteiger partial charge in [-0.05, 0) is 26.2 Å². The highest BCUT2D eigenvalue weighted by molar-refractivity contribution is 6.30. The lowest BCUT2D eigenvalue weighted by Crippen LogP contribution is -2.39. The first-order chi connectivity index (χ1) is 9.99. The number of hydrogen-bond donors (Lipinski definition) is 1. The molecular formula is C15H23ClN4O. The van der Waals surface area contributed by atoms with E-state index in [1.54, 1.807) is 0 Å². The maximum Gasteiger partial charge on any atom is 0.241 e. The molecule has 1 aliphatic heterocycles. The number of aromatic nitrogens is 2. The van der Waals surface area contributed by atoms with Crippen LogP contribution < -0.4 is 5.32 Å². The Kier molecular flexibility index (Phi) is 5.39. The highest BCUT2D eigenvalue weighted by Crippen LogP contribution is 2.22. The van der Waals surface area contributed by atoms with Crippen LogP contribution >= 0.6 is 11.6 Å². The molecule has 0 saturated carbocycles. The van der Waals surface area contributed by atoms with Crippen LogP contribution in [0.25, 0.3) is 0 Å². The van der Waals surface area contributed by atoms with Crippen LogP contribution in [0, 0.1) is 6.92 Å². The smallest absolute Gasteiger partial charge is 0.241 e. The Hall–Kier alpha value is -1.36. The lowest BCUT2D eigenvalue weighted by atomic mass is 10.1. The Morgan fingerprint density at radius 2 is 1.95 bits per heavy atom. The molecule has 5 nitrogen and oxygen atoms in total. The van der Waals surface area contributed by atoms with Crippen LogP contribution in [-0.4, -0.2) is 40.4 Å². The van der Waals surface area contributed by atoms with E-state index in [2.05, 4.69) is 15.3 Å². The average Bonchev–Trinajstić information content (AvgIpc) is 2.49. The molecule has 0 atom stereocenters. The fraction of sp³-hybridized carbons (Fsp3) is 0.667. The number of halogens is 1. The molecule has 1 saturated heterocycles. The van der Waals surface area contributed by atoms with Gasteiger partial charge in [0.1, 0.15) is 16.8 Å². The van der Waals surface area contributed by atoms with Crippen LogP contribution in [0.2, 0.25) is 5.15 Å². The third-order valence-electron chi connectivity index (χ3n) is 3.74. The summed E-state index contributed by atoms with van der Waals surface area (Å²) in [5, 5.41) is 3.57. The molecule has 21 heavy (non-hydrogen) atoms. The highest BCUT2D eigenvalue weighted by atomic mass is 35.5. The molecule has 1 N–H and O–H groups in total. The van der Waals surface area contributed by atoms with Crippen LogP contribution in [-0.2, 0) is 4.79 Å². The third-order valence-corrected chi connectivity index (χ3v) is 4.10. The number of likely N-dealkylation sites (tertiary alicyclic amines) is 1. The SMILES string of the molecule is Cc1c(Cl)nc(C(C)C)nc1NCC(=O)N1CCCCC1. The zero-order valence-electron chi connectivity index (χ0n) is 12.9. The van der Waals surface area contributed by atoms with Crippen molar-refractivity contribution in [2.75, 3.05) is 25.0 Å². The second kappa shape index (κ2) is 7.07. The van der Waals surface area contributed by atoms with Gasteiger partial charge in [-0.2, -0.15) is 0 Å². The molecule has 0 radical (unpaired) electrons. The number of hydrogen-bond acceptors (Lipinski definition) is 4. The summed E-state index contributed by atoms with van der Waals surface area (Å²) in [6.07, 6.45) is 3.42. The van der Waals surface area contributed by atoms with E-state index < -0.39 is 0 Å². The molecular weight excluding hydrogens is 288 g/mol. The first-order valence-electron chi connectivity index (χ1n) is 7.54. The van der Waals surface area contributed by atoms with Crippen LogP contribution in [0.15, 0.2) is 0 Å². The molecule has 1 aromatic rings. The minimum absolute atomic E-state index is 0.120. The Bertz CT molecular complexity index is 513. The molecule has 2 rings (SSSR count). The van der Waals surface area contributed by atoms with E-state index in [1.165, 1.54) is 6.42 Å². The Balaban J connectivity index is 2.03. The molecule has 2 heterocycles. The summed E-state index contributed by atoms with van der Waals surface area (Å²) >= 11 is 6.14. The van der Waals surface area contributed by atoms with E-state index in [0.717, 1.165) is 31.5 Å². The largest absolute Gasteiger partial charge is 0.361 e. The molecule has 0 aromatic carbocycles. The summed E-state index contributed by atoms with van der Waals surface area (Å²) in [6, 6.07) is 0. The second-order valence-electron chi connectivity index (χ2n) is 5.80. The first-order valence-corrected chi connectivity index (χ1v) is 7.92. The summed E-state index contributed by atoms with van der Waals surface area (Å²) in [6.45, 7) is 7.88. The van der Waals surface area contributed by atoms with Crippen molar-refractivity contribution >= 4 is 23.3 Å². The number of carbonyl (C=O) groups is 1. The number of piperidine rings is 1. The van der Waals surface area contributed by atoms with Crippen molar-refractivity contribution in [1.29, 1.82) is 0 Å². The van der Waals surface area contributed by atoms with Crippen molar-refractivity contribution in [3.63, 3.8) is 0 Å². The average molecular weight is 311 g/mol. The van der Waals surface area contributed by atoms with Crippen LogP contribution in [0.3, 0.4) is 0 Å². The Morgan fingerprint density at radius 3 is 2.57 bits per heavy atom. The van der Waals surface area contributed by atoms with Crippen molar-refractivity contribution < 1.29 is 4.79 Å². The zero-order valence-corrected chi connectivity index (χ0v) is 13.7. The Morgan fingerprint density at radius 1 is 1.29 bits per heavy atom. The molecule has 0 unspecified atom stereocenters. The van der Waals surface area contributed by atoms with Crippen LogP contribution in [0.1, 0.15) is 50.4 Å². The van der Waals surface area contributed by atoms with Crippen LogP contribution in [0.4, 0.5) is 5.82 Å².